The Labute approximate surface area is 141 Å². The van der Waals surface area contributed by atoms with Gasteiger partial charge < -0.3 is 0 Å². The number of fused-ring (bicyclic) bond motifs is 3. The molecule has 124 valence electrons. The lowest BCUT2D eigenvalue weighted by molar-refractivity contribution is -0.384. The number of nitrogens with zero attached hydrogens (tertiary/aromatic N) is 5. The zero-order valence-electron chi connectivity index (χ0n) is 13.3. The smallest absolute Gasteiger partial charge is 0.267 e. The SMILES string of the molecule is CCc1nn(-c2ccc([N+](=O)[O-])cc2)c2nc(=O)c3ccccc3n12. The molecule has 2 aromatic carbocycles. The van der Waals surface area contributed by atoms with E-state index in [2.05, 4.69) is 10.1 Å². The Kier molecular flexibility index (Phi) is 3.31. The highest BCUT2D eigenvalue weighted by Gasteiger charge is 2.16. The Balaban J connectivity index is 2.05. The molecule has 0 aliphatic rings. The molecule has 0 aliphatic heterocycles. The first-order valence-corrected chi connectivity index (χ1v) is 7.74. The van der Waals surface area contributed by atoms with Crippen molar-refractivity contribution in [2.75, 3.05) is 0 Å². The van der Waals surface area contributed by atoms with E-state index >= 15 is 0 Å². The van der Waals surface area contributed by atoms with Crippen molar-refractivity contribution in [1.82, 2.24) is 19.2 Å². The number of nitro groups is 1. The van der Waals surface area contributed by atoms with Gasteiger partial charge in [-0.2, -0.15) is 14.8 Å². The maximum atomic E-state index is 12.4. The van der Waals surface area contributed by atoms with Gasteiger partial charge in [0.25, 0.3) is 11.2 Å². The van der Waals surface area contributed by atoms with E-state index in [1.54, 1.807) is 24.3 Å². The normalized spacial score (nSPS) is 11.2. The highest BCUT2D eigenvalue weighted by Crippen LogP contribution is 2.20. The summed E-state index contributed by atoms with van der Waals surface area (Å²) in [5.41, 5.74) is 1.00. The van der Waals surface area contributed by atoms with Gasteiger partial charge in [0.2, 0.25) is 5.78 Å². The van der Waals surface area contributed by atoms with Crippen LogP contribution >= 0.6 is 0 Å². The molecular weight excluding hydrogens is 322 g/mol. The molecule has 4 rings (SSSR count). The minimum absolute atomic E-state index is 0.00787. The number of hydrogen-bond donors (Lipinski definition) is 0. The molecule has 8 heteroatoms. The number of aryl methyl sites for hydroxylation is 1. The van der Waals surface area contributed by atoms with Crippen LogP contribution in [0, 0.1) is 10.1 Å². The van der Waals surface area contributed by atoms with Crippen LogP contribution in [0.15, 0.2) is 53.3 Å². The molecule has 2 aromatic heterocycles. The van der Waals surface area contributed by atoms with Crippen molar-refractivity contribution in [1.29, 1.82) is 0 Å². The topological polar surface area (TPSA) is 95.3 Å². The van der Waals surface area contributed by atoms with Crippen molar-refractivity contribution in [3.05, 3.63) is 74.8 Å². The van der Waals surface area contributed by atoms with Crippen molar-refractivity contribution in [2.24, 2.45) is 0 Å². The molecule has 0 amide bonds. The zero-order valence-corrected chi connectivity index (χ0v) is 13.3. The number of nitro benzene ring substituents is 1. The Bertz CT molecular complexity index is 1170. The van der Waals surface area contributed by atoms with Gasteiger partial charge in [0.1, 0.15) is 5.82 Å². The molecule has 0 spiro atoms. The second-order valence-corrected chi connectivity index (χ2v) is 5.52. The van der Waals surface area contributed by atoms with Gasteiger partial charge in [-0.3, -0.25) is 19.3 Å². The lowest BCUT2D eigenvalue weighted by Crippen LogP contribution is -2.12. The summed E-state index contributed by atoms with van der Waals surface area (Å²) in [5, 5.41) is 15.9. The van der Waals surface area contributed by atoms with Crippen molar-refractivity contribution < 1.29 is 4.92 Å². The van der Waals surface area contributed by atoms with E-state index in [9.17, 15) is 14.9 Å². The molecule has 0 bridgehead atoms. The number of benzene rings is 2. The van der Waals surface area contributed by atoms with E-state index < -0.39 is 4.92 Å². The summed E-state index contributed by atoms with van der Waals surface area (Å²) in [6.07, 6.45) is 0.644. The maximum absolute atomic E-state index is 12.4. The third kappa shape index (κ3) is 2.26. The van der Waals surface area contributed by atoms with Crippen LogP contribution in [0.2, 0.25) is 0 Å². The molecule has 0 unspecified atom stereocenters. The van der Waals surface area contributed by atoms with Crippen molar-refractivity contribution in [3.63, 3.8) is 0 Å². The predicted octanol–water partition coefficient (Wildman–Crippen LogP) is 2.50. The van der Waals surface area contributed by atoms with Gasteiger partial charge in [-0.25, -0.2) is 0 Å². The number of aromatic nitrogens is 4. The maximum Gasteiger partial charge on any atom is 0.282 e. The Morgan fingerprint density at radius 2 is 1.84 bits per heavy atom. The summed E-state index contributed by atoms with van der Waals surface area (Å²) in [5.74, 6) is 1.13. The largest absolute Gasteiger partial charge is 0.282 e. The van der Waals surface area contributed by atoms with E-state index in [0.29, 0.717) is 23.3 Å². The Morgan fingerprint density at radius 3 is 2.52 bits per heavy atom. The van der Waals surface area contributed by atoms with Crippen LogP contribution in [0.5, 0.6) is 0 Å². The van der Waals surface area contributed by atoms with E-state index in [1.807, 2.05) is 23.5 Å². The first-order chi connectivity index (χ1) is 12.1. The minimum Gasteiger partial charge on any atom is -0.267 e. The standard InChI is InChI=1S/C17H13N5O3/c1-2-15-19-21(11-7-9-12(10-8-11)22(24)25)17-18-16(23)13-5-3-4-6-14(13)20(15)17/h3-10H,2H2,1H3. The molecule has 0 N–H and O–H groups in total. The van der Waals surface area contributed by atoms with Crippen LogP contribution in [-0.4, -0.2) is 24.1 Å². The Hall–Kier alpha value is -3.55. The molecule has 0 radical (unpaired) electrons. The van der Waals surface area contributed by atoms with Crippen LogP contribution in [0.25, 0.3) is 22.4 Å². The van der Waals surface area contributed by atoms with Gasteiger partial charge >= 0.3 is 0 Å². The van der Waals surface area contributed by atoms with E-state index in [4.69, 9.17) is 0 Å². The second-order valence-electron chi connectivity index (χ2n) is 5.52. The fourth-order valence-corrected chi connectivity index (χ4v) is 2.88. The van der Waals surface area contributed by atoms with Crippen molar-refractivity contribution in [2.45, 2.75) is 13.3 Å². The third-order valence-corrected chi connectivity index (χ3v) is 4.06. The summed E-state index contributed by atoms with van der Waals surface area (Å²) in [7, 11) is 0. The molecule has 8 nitrogen and oxygen atoms in total. The second kappa shape index (κ2) is 5.52. The lowest BCUT2D eigenvalue weighted by atomic mass is 10.2. The molecule has 25 heavy (non-hydrogen) atoms. The van der Waals surface area contributed by atoms with E-state index in [0.717, 1.165) is 11.3 Å². The molecule has 0 saturated heterocycles. The van der Waals surface area contributed by atoms with Crippen LogP contribution < -0.4 is 5.56 Å². The van der Waals surface area contributed by atoms with Gasteiger partial charge in [-0.15, -0.1) is 0 Å². The molecule has 4 aromatic rings. The lowest BCUT2D eigenvalue weighted by Gasteiger charge is -2.04. The fourth-order valence-electron chi connectivity index (χ4n) is 2.88. The van der Waals surface area contributed by atoms with Crippen molar-refractivity contribution >= 4 is 22.4 Å². The number of rotatable bonds is 3. The summed E-state index contributed by atoms with van der Waals surface area (Å²) < 4.78 is 3.38. The molecule has 0 aliphatic carbocycles. The van der Waals surface area contributed by atoms with Gasteiger partial charge in [0.05, 0.1) is 21.5 Å². The molecular formula is C17H13N5O3. The summed E-state index contributed by atoms with van der Waals surface area (Å²) in [6.45, 7) is 1.97. The van der Waals surface area contributed by atoms with Gasteiger partial charge in [-0.05, 0) is 24.3 Å². The average molecular weight is 335 g/mol. The quantitative estimate of drug-likeness (QED) is 0.423. The average Bonchev–Trinajstić information content (AvgIpc) is 3.00. The van der Waals surface area contributed by atoms with Crippen LogP contribution in [0.4, 0.5) is 5.69 Å². The van der Waals surface area contributed by atoms with Crippen LogP contribution in [0.3, 0.4) is 0 Å². The number of non-ortho nitro benzene ring substituents is 1. The van der Waals surface area contributed by atoms with E-state index in [-0.39, 0.29) is 11.2 Å². The van der Waals surface area contributed by atoms with Gasteiger partial charge in [0, 0.05) is 18.6 Å². The highest BCUT2D eigenvalue weighted by molar-refractivity contribution is 5.80. The third-order valence-electron chi connectivity index (χ3n) is 4.06. The fraction of sp³-hybridized carbons (Fsp3) is 0.118. The molecule has 2 heterocycles. The summed E-state index contributed by atoms with van der Waals surface area (Å²) in [6, 6.07) is 13.2. The predicted molar refractivity (Wildman–Crippen MR) is 92.1 cm³/mol. The van der Waals surface area contributed by atoms with Crippen LogP contribution in [0.1, 0.15) is 12.7 Å². The monoisotopic (exact) mass is 335 g/mol. The molecule has 0 saturated carbocycles. The molecule has 0 atom stereocenters. The molecule has 0 fully saturated rings. The number of para-hydroxylation sites is 1. The zero-order chi connectivity index (χ0) is 17.6. The summed E-state index contributed by atoms with van der Waals surface area (Å²) >= 11 is 0. The summed E-state index contributed by atoms with van der Waals surface area (Å²) in [4.78, 5) is 26.9. The first-order valence-electron chi connectivity index (χ1n) is 7.74. The number of hydrogen-bond acceptors (Lipinski definition) is 5. The van der Waals surface area contributed by atoms with E-state index in [1.165, 1.54) is 16.8 Å². The first kappa shape index (κ1) is 15.0. The highest BCUT2D eigenvalue weighted by atomic mass is 16.6. The Morgan fingerprint density at radius 1 is 1.12 bits per heavy atom. The van der Waals surface area contributed by atoms with Gasteiger partial charge in [-0.1, -0.05) is 19.1 Å². The minimum atomic E-state index is -0.460. The van der Waals surface area contributed by atoms with Gasteiger partial charge in [0.15, 0.2) is 0 Å². The van der Waals surface area contributed by atoms with Crippen LogP contribution in [-0.2, 0) is 6.42 Å². The van der Waals surface area contributed by atoms with Crippen molar-refractivity contribution in [3.8, 4) is 5.69 Å².